The Morgan fingerprint density at radius 2 is 2.25 bits per heavy atom. The number of benzene rings is 1. The molecule has 28 heavy (non-hydrogen) atoms. The maximum atomic E-state index is 12.4. The van der Waals surface area contributed by atoms with Gasteiger partial charge in [0.2, 0.25) is 11.1 Å². The van der Waals surface area contributed by atoms with Crippen molar-refractivity contribution in [2.24, 2.45) is 0 Å². The van der Waals surface area contributed by atoms with Crippen molar-refractivity contribution in [3.8, 4) is 11.8 Å². The summed E-state index contributed by atoms with van der Waals surface area (Å²) in [5.74, 6) is -0.00442. The van der Waals surface area contributed by atoms with Crippen LogP contribution >= 0.6 is 23.1 Å². The molecule has 142 valence electrons. The van der Waals surface area contributed by atoms with Crippen LogP contribution in [-0.4, -0.2) is 31.9 Å². The van der Waals surface area contributed by atoms with Gasteiger partial charge in [0.25, 0.3) is 0 Å². The third kappa shape index (κ3) is 3.53. The highest BCUT2D eigenvalue weighted by molar-refractivity contribution is 7.99. The van der Waals surface area contributed by atoms with E-state index in [1.807, 2.05) is 26.0 Å². The quantitative estimate of drug-likeness (QED) is 0.647. The number of rotatable bonds is 5. The zero-order chi connectivity index (χ0) is 19.7. The molecule has 9 heteroatoms. The van der Waals surface area contributed by atoms with E-state index >= 15 is 0 Å². The van der Waals surface area contributed by atoms with Gasteiger partial charge in [-0.1, -0.05) is 29.5 Å². The SMILES string of the molecule is Cc1ccc(-n2nnnc2SCC(=O)Nc2sc3c(c2C#N)CCC3)c(C)c1. The Morgan fingerprint density at radius 3 is 3.04 bits per heavy atom. The number of tetrazole rings is 1. The molecule has 1 N–H and O–H groups in total. The van der Waals surface area contributed by atoms with Crippen molar-refractivity contribution >= 4 is 34.0 Å². The third-order valence-electron chi connectivity index (χ3n) is 4.64. The van der Waals surface area contributed by atoms with Crippen LogP contribution in [0.5, 0.6) is 0 Å². The normalized spacial score (nSPS) is 12.6. The fourth-order valence-electron chi connectivity index (χ4n) is 3.37. The first-order valence-electron chi connectivity index (χ1n) is 8.90. The van der Waals surface area contributed by atoms with Gasteiger partial charge < -0.3 is 5.32 Å². The average Bonchev–Trinajstić information content (AvgIpc) is 3.36. The maximum Gasteiger partial charge on any atom is 0.235 e. The number of aryl methyl sites for hydroxylation is 3. The summed E-state index contributed by atoms with van der Waals surface area (Å²) in [5, 5.41) is 25.4. The Labute approximate surface area is 170 Å². The van der Waals surface area contributed by atoms with Crippen LogP contribution in [0.2, 0.25) is 0 Å². The molecule has 0 fully saturated rings. The van der Waals surface area contributed by atoms with Gasteiger partial charge in [-0.15, -0.1) is 16.4 Å². The van der Waals surface area contributed by atoms with Crippen molar-refractivity contribution < 1.29 is 4.79 Å². The largest absolute Gasteiger partial charge is 0.316 e. The number of thiophene rings is 1. The van der Waals surface area contributed by atoms with E-state index in [2.05, 4.69) is 33.0 Å². The fourth-order valence-corrected chi connectivity index (χ4v) is 5.31. The van der Waals surface area contributed by atoms with Gasteiger partial charge >= 0.3 is 0 Å². The predicted octanol–water partition coefficient (Wildman–Crippen LogP) is 3.43. The van der Waals surface area contributed by atoms with Crippen molar-refractivity contribution in [3.63, 3.8) is 0 Å². The molecule has 1 amide bonds. The molecule has 4 rings (SSSR count). The van der Waals surface area contributed by atoms with Crippen molar-refractivity contribution in [3.05, 3.63) is 45.3 Å². The standard InChI is InChI=1S/C19H18N6OS2/c1-11-6-7-15(12(2)8-11)25-19(22-23-24-25)27-10-17(26)21-18-14(9-20)13-4-3-5-16(13)28-18/h6-8H,3-5,10H2,1-2H3,(H,21,26). The summed E-state index contributed by atoms with van der Waals surface area (Å²) in [4.78, 5) is 13.7. The molecule has 0 saturated carbocycles. The van der Waals surface area contributed by atoms with Crippen LogP contribution in [0.4, 0.5) is 5.00 Å². The second-order valence-corrected chi connectivity index (χ2v) is 8.72. The number of carbonyl (C=O) groups is 1. The van der Waals surface area contributed by atoms with Crippen molar-refractivity contribution in [1.82, 2.24) is 20.2 Å². The lowest BCUT2D eigenvalue weighted by atomic mass is 10.1. The van der Waals surface area contributed by atoms with E-state index in [9.17, 15) is 10.1 Å². The lowest BCUT2D eigenvalue weighted by Crippen LogP contribution is -2.14. The van der Waals surface area contributed by atoms with Gasteiger partial charge in [-0.2, -0.15) is 9.94 Å². The Bertz CT molecular complexity index is 1090. The number of nitriles is 1. The number of amides is 1. The predicted molar refractivity (Wildman–Crippen MR) is 109 cm³/mol. The van der Waals surface area contributed by atoms with Crippen molar-refractivity contribution in [2.75, 3.05) is 11.1 Å². The molecule has 0 spiro atoms. The number of hydrogen-bond donors (Lipinski definition) is 1. The molecule has 1 aliphatic rings. The first-order valence-corrected chi connectivity index (χ1v) is 10.7. The minimum Gasteiger partial charge on any atom is -0.316 e. The van der Waals surface area contributed by atoms with Crippen LogP contribution in [-0.2, 0) is 17.6 Å². The second-order valence-electron chi connectivity index (χ2n) is 6.67. The summed E-state index contributed by atoms with van der Waals surface area (Å²) >= 11 is 2.79. The molecule has 7 nitrogen and oxygen atoms in total. The van der Waals surface area contributed by atoms with Gasteiger partial charge in [0.15, 0.2) is 0 Å². The molecule has 0 bridgehead atoms. The Hall–Kier alpha value is -2.70. The molecule has 0 atom stereocenters. The molecule has 1 aliphatic carbocycles. The fraction of sp³-hybridized carbons (Fsp3) is 0.316. The molecule has 3 aromatic rings. The third-order valence-corrected chi connectivity index (χ3v) is 6.77. The average molecular weight is 411 g/mol. The van der Waals surface area contributed by atoms with E-state index in [1.165, 1.54) is 33.5 Å². The minimum absolute atomic E-state index is 0.165. The van der Waals surface area contributed by atoms with Crippen LogP contribution in [0.1, 0.15) is 33.6 Å². The Kier molecular flexibility index (Phi) is 5.15. The highest BCUT2D eigenvalue weighted by Crippen LogP contribution is 2.38. The summed E-state index contributed by atoms with van der Waals surface area (Å²) in [5.41, 5.74) is 4.84. The second kappa shape index (κ2) is 7.73. The molecule has 2 aromatic heterocycles. The summed E-state index contributed by atoms with van der Waals surface area (Å²) in [7, 11) is 0. The van der Waals surface area contributed by atoms with Gasteiger partial charge in [-0.05, 0) is 60.7 Å². The van der Waals surface area contributed by atoms with Crippen LogP contribution in [0.3, 0.4) is 0 Å². The van der Waals surface area contributed by atoms with E-state index in [0.29, 0.717) is 15.7 Å². The zero-order valence-electron chi connectivity index (χ0n) is 15.5. The van der Waals surface area contributed by atoms with Gasteiger partial charge in [0.05, 0.1) is 17.0 Å². The highest BCUT2D eigenvalue weighted by atomic mass is 32.2. The van der Waals surface area contributed by atoms with Crippen molar-refractivity contribution in [1.29, 1.82) is 5.26 Å². The maximum absolute atomic E-state index is 12.4. The smallest absolute Gasteiger partial charge is 0.235 e. The molecular weight excluding hydrogens is 392 g/mol. The Balaban J connectivity index is 1.46. The molecule has 0 aliphatic heterocycles. The van der Waals surface area contributed by atoms with Crippen LogP contribution < -0.4 is 5.32 Å². The number of fused-ring (bicyclic) bond motifs is 1. The number of anilines is 1. The van der Waals surface area contributed by atoms with Gasteiger partial charge in [0.1, 0.15) is 11.1 Å². The number of carbonyl (C=O) groups excluding carboxylic acids is 1. The van der Waals surface area contributed by atoms with Crippen LogP contribution in [0.15, 0.2) is 23.4 Å². The van der Waals surface area contributed by atoms with E-state index in [1.54, 1.807) is 4.68 Å². The minimum atomic E-state index is -0.170. The van der Waals surface area contributed by atoms with Gasteiger partial charge in [-0.3, -0.25) is 4.79 Å². The highest BCUT2D eigenvalue weighted by Gasteiger charge is 2.23. The van der Waals surface area contributed by atoms with E-state index in [0.717, 1.165) is 36.1 Å². The molecule has 0 radical (unpaired) electrons. The lowest BCUT2D eigenvalue weighted by Gasteiger charge is -2.08. The Morgan fingerprint density at radius 1 is 1.39 bits per heavy atom. The molecular formula is C19H18N6OS2. The summed E-state index contributed by atoms with van der Waals surface area (Å²) < 4.78 is 1.65. The summed E-state index contributed by atoms with van der Waals surface area (Å²) in [6, 6.07) is 8.29. The van der Waals surface area contributed by atoms with Crippen LogP contribution in [0.25, 0.3) is 5.69 Å². The van der Waals surface area contributed by atoms with E-state index < -0.39 is 0 Å². The monoisotopic (exact) mass is 410 g/mol. The molecule has 0 saturated heterocycles. The van der Waals surface area contributed by atoms with Gasteiger partial charge in [-0.25, -0.2) is 0 Å². The number of aromatic nitrogens is 4. The lowest BCUT2D eigenvalue weighted by molar-refractivity contribution is -0.113. The number of thioether (sulfide) groups is 1. The summed E-state index contributed by atoms with van der Waals surface area (Å²) in [6.07, 6.45) is 3.00. The molecule has 2 heterocycles. The van der Waals surface area contributed by atoms with Crippen molar-refractivity contribution in [2.45, 2.75) is 38.3 Å². The number of hydrogen-bond acceptors (Lipinski definition) is 7. The number of nitrogens with one attached hydrogen (secondary N) is 1. The topological polar surface area (TPSA) is 96.5 Å². The van der Waals surface area contributed by atoms with Crippen LogP contribution in [0, 0.1) is 25.2 Å². The van der Waals surface area contributed by atoms with Gasteiger partial charge in [0, 0.05) is 4.88 Å². The zero-order valence-corrected chi connectivity index (χ0v) is 17.2. The summed E-state index contributed by atoms with van der Waals surface area (Å²) in [6.45, 7) is 4.04. The first kappa shape index (κ1) is 18.7. The first-order chi connectivity index (χ1) is 13.6. The number of nitrogens with zero attached hydrogens (tertiary/aromatic N) is 5. The molecule has 0 unspecified atom stereocenters. The molecule has 1 aromatic carbocycles. The van der Waals surface area contributed by atoms with E-state index in [-0.39, 0.29) is 11.7 Å². The van der Waals surface area contributed by atoms with E-state index in [4.69, 9.17) is 0 Å².